The molecule has 0 spiro atoms. The van der Waals surface area contributed by atoms with Crippen LogP contribution in [0.25, 0.3) is 0 Å². The molecule has 1 N–H and O–H groups in total. The van der Waals surface area contributed by atoms with E-state index in [2.05, 4.69) is 36.2 Å². The summed E-state index contributed by atoms with van der Waals surface area (Å²) < 4.78 is 0. The fourth-order valence-electron chi connectivity index (χ4n) is 2.86. The van der Waals surface area contributed by atoms with Crippen molar-refractivity contribution in [1.82, 2.24) is 10.2 Å². The van der Waals surface area contributed by atoms with Crippen LogP contribution in [-0.4, -0.2) is 50.1 Å². The molecule has 0 aliphatic carbocycles. The Kier molecular flexibility index (Phi) is 6.72. The predicted molar refractivity (Wildman–Crippen MR) is 92.6 cm³/mol. The minimum atomic E-state index is 0.159. The van der Waals surface area contributed by atoms with Gasteiger partial charge < -0.3 is 15.1 Å². The van der Waals surface area contributed by atoms with Crippen molar-refractivity contribution in [1.29, 1.82) is 0 Å². The summed E-state index contributed by atoms with van der Waals surface area (Å²) >= 11 is 0. The molecule has 0 bridgehead atoms. The molecule has 1 aliphatic rings. The highest BCUT2D eigenvalue weighted by Gasteiger charge is 2.17. The Morgan fingerprint density at radius 3 is 2.64 bits per heavy atom. The number of nitrogens with one attached hydrogen (secondary N) is 1. The van der Waals surface area contributed by atoms with E-state index in [1.807, 2.05) is 17.0 Å². The van der Waals surface area contributed by atoms with Gasteiger partial charge in [-0.2, -0.15) is 0 Å². The largest absolute Gasteiger partial charge is 0.372 e. The first-order valence-corrected chi connectivity index (χ1v) is 8.61. The van der Waals surface area contributed by atoms with Gasteiger partial charge in [0.1, 0.15) is 0 Å². The Labute approximate surface area is 134 Å². The van der Waals surface area contributed by atoms with Gasteiger partial charge in [-0.25, -0.2) is 0 Å². The molecular weight excluding hydrogens is 274 g/mol. The lowest BCUT2D eigenvalue weighted by Gasteiger charge is -2.24. The predicted octanol–water partition coefficient (Wildman–Crippen LogP) is 2.75. The summed E-state index contributed by atoms with van der Waals surface area (Å²) in [5, 5.41) is 3.33. The molecule has 0 saturated carbocycles. The number of anilines is 1. The van der Waals surface area contributed by atoms with Crippen LogP contribution in [0.15, 0.2) is 24.3 Å². The minimum absolute atomic E-state index is 0.159. The third-order valence-electron chi connectivity index (χ3n) is 4.27. The van der Waals surface area contributed by atoms with Gasteiger partial charge in [-0.05, 0) is 50.6 Å². The number of rotatable bonds is 6. The molecule has 1 aromatic carbocycles. The van der Waals surface area contributed by atoms with E-state index in [9.17, 15) is 4.79 Å². The molecule has 4 nitrogen and oxygen atoms in total. The normalized spacial score (nSPS) is 15.5. The van der Waals surface area contributed by atoms with Gasteiger partial charge >= 0.3 is 0 Å². The summed E-state index contributed by atoms with van der Waals surface area (Å²) in [6, 6.07) is 8.13. The Hall–Kier alpha value is -1.55. The van der Waals surface area contributed by atoms with Crippen LogP contribution in [0.3, 0.4) is 0 Å². The quantitative estimate of drug-likeness (QED) is 0.878. The summed E-state index contributed by atoms with van der Waals surface area (Å²) in [5.74, 6) is 0.159. The van der Waals surface area contributed by atoms with Crippen molar-refractivity contribution in [2.75, 3.05) is 44.2 Å². The lowest BCUT2D eigenvalue weighted by Crippen LogP contribution is -2.34. The van der Waals surface area contributed by atoms with Gasteiger partial charge in [0, 0.05) is 44.0 Å². The summed E-state index contributed by atoms with van der Waals surface area (Å²) in [6.07, 6.45) is 3.44. The van der Waals surface area contributed by atoms with Crippen LogP contribution in [0.4, 0.5) is 5.69 Å². The Balaban J connectivity index is 2.02. The average Bonchev–Trinajstić information content (AvgIpc) is 2.85. The minimum Gasteiger partial charge on any atom is -0.372 e. The molecule has 22 heavy (non-hydrogen) atoms. The van der Waals surface area contributed by atoms with Crippen LogP contribution in [0.2, 0.25) is 0 Å². The van der Waals surface area contributed by atoms with E-state index in [4.69, 9.17) is 0 Å². The van der Waals surface area contributed by atoms with Crippen LogP contribution < -0.4 is 10.2 Å². The summed E-state index contributed by atoms with van der Waals surface area (Å²) in [7, 11) is 0. The fourth-order valence-corrected chi connectivity index (χ4v) is 2.86. The van der Waals surface area contributed by atoms with Gasteiger partial charge in [0.25, 0.3) is 5.91 Å². The smallest absolute Gasteiger partial charge is 0.253 e. The standard InChI is InChI=1S/C18H29N3O/c1-3-5-13-20(4-2)17-9-7-16(8-10-17)18(22)21-14-6-11-19-12-15-21/h7-10,19H,3-6,11-15H2,1-2H3. The van der Waals surface area contributed by atoms with Crippen molar-refractivity contribution >= 4 is 11.6 Å². The highest BCUT2D eigenvalue weighted by Crippen LogP contribution is 2.17. The Morgan fingerprint density at radius 2 is 1.95 bits per heavy atom. The number of unbranched alkanes of at least 4 members (excludes halogenated alkanes) is 1. The fraction of sp³-hybridized carbons (Fsp3) is 0.611. The second-order valence-corrected chi connectivity index (χ2v) is 5.88. The van der Waals surface area contributed by atoms with E-state index in [0.717, 1.165) is 51.3 Å². The summed E-state index contributed by atoms with van der Waals surface area (Å²) in [5.41, 5.74) is 2.02. The Morgan fingerprint density at radius 1 is 1.18 bits per heavy atom. The van der Waals surface area contributed by atoms with Crippen LogP contribution in [0.5, 0.6) is 0 Å². The maximum atomic E-state index is 12.6. The van der Waals surface area contributed by atoms with E-state index in [1.54, 1.807) is 0 Å². The van der Waals surface area contributed by atoms with Crippen molar-refractivity contribution in [3.63, 3.8) is 0 Å². The molecular formula is C18H29N3O. The van der Waals surface area contributed by atoms with Gasteiger partial charge in [-0.1, -0.05) is 13.3 Å². The molecule has 1 fully saturated rings. The number of hydrogen-bond donors (Lipinski definition) is 1. The topological polar surface area (TPSA) is 35.6 Å². The molecule has 0 unspecified atom stereocenters. The molecule has 0 atom stereocenters. The molecule has 1 heterocycles. The van der Waals surface area contributed by atoms with E-state index in [-0.39, 0.29) is 5.91 Å². The molecule has 1 amide bonds. The number of amides is 1. The van der Waals surface area contributed by atoms with Gasteiger partial charge in [0.05, 0.1) is 0 Å². The summed E-state index contributed by atoms with van der Waals surface area (Å²) in [6.45, 7) is 10.0. The van der Waals surface area contributed by atoms with Crippen LogP contribution in [0.1, 0.15) is 43.5 Å². The van der Waals surface area contributed by atoms with E-state index in [0.29, 0.717) is 0 Å². The van der Waals surface area contributed by atoms with Crippen molar-refractivity contribution in [2.24, 2.45) is 0 Å². The molecule has 1 aliphatic heterocycles. The molecule has 1 aromatic rings. The van der Waals surface area contributed by atoms with Crippen LogP contribution in [-0.2, 0) is 0 Å². The number of hydrogen-bond acceptors (Lipinski definition) is 3. The highest BCUT2D eigenvalue weighted by molar-refractivity contribution is 5.94. The average molecular weight is 303 g/mol. The zero-order valence-electron chi connectivity index (χ0n) is 14.0. The van der Waals surface area contributed by atoms with E-state index < -0.39 is 0 Å². The third-order valence-corrected chi connectivity index (χ3v) is 4.27. The van der Waals surface area contributed by atoms with Gasteiger partial charge in [0.2, 0.25) is 0 Å². The number of benzene rings is 1. The summed E-state index contributed by atoms with van der Waals surface area (Å²) in [4.78, 5) is 16.9. The first-order valence-electron chi connectivity index (χ1n) is 8.61. The number of carbonyl (C=O) groups excluding carboxylic acids is 1. The second kappa shape index (κ2) is 8.79. The number of nitrogens with zero attached hydrogens (tertiary/aromatic N) is 2. The van der Waals surface area contributed by atoms with Crippen molar-refractivity contribution in [2.45, 2.75) is 33.1 Å². The van der Waals surface area contributed by atoms with Gasteiger partial charge in [0.15, 0.2) is 0 Å². The molecule has 4 heteroatoms. The zero-order valence-corrected chi connectivity index (χ0v) is 14.0. The second-order valence-electron chi connectivity index (χ2n) is 5.88. The van der Waals surface area contributed by atoms with Gasteiger partial charge in [-0.15, -0.1) is 0 Å². The lowest BCUT2D eigenvalue weighted by molar-refractivity contribution is 0.0766. The molecule has 0 aromatic heterocycles. The van der Waals surface area contributed by atoms with Crippen LogP contribution >= 0.6 is 0 Å². The molecule has 1 saturated heterocycles. The zero-order chi connectivity index (χ0) is 15.8. The Bertz CT molecular complexity index is 450. The maximum absolute atomic E-state index is 12.6. The lowest BCUT2D eigenvalue weighted by atomic mass is 10.1. The molecule has 2 rings (SSSR count). The maximum Gasteiger partial charge on any atom is 0.253 e. The van der Waals surface area contributed by atoms with E-state index >= 15 is 0 Å². The first kappa shape index (κ1) is 16.8. The monoisotopic (exact) mass is 303 g/mol. The SMILES string of the molecule is CCCCN(CC)c1ccc(C(=O)N2CCCNCC2)cc1. The van der Waals surface area contributed by atoms with Crippen molar-refractivity contribution in [3.8, 4) is 0 Å². The number of carbonyl (C=O) groups is 1. The van der Waals surface area contributed by atoms with E-state index in [1.165, 1.54) is 18.5 Å². The van der Waals surface area contributed by atoms with Crippen molar-refractivity contribution in [3.05, 3.63) is 29.8 Å². The van der Waals surface area contributed by atoms with Gasteiger partial charge in [-0.3, -0.25) is 4.79 Å². The van der Waals surface area contributed by atoms with Crippen molar-refractivity contribution < 1.29 is 4.79 Å². The first-order chi connectivity index (χ1) is 10.8. The van der Waals surface area contributed by atoms with Crippen LogP contribution in [0, 0.1) is 0 Å². The molecule has 0 radical (unpaired) electrons. The highest BCUT2D eigenvalue weighted by atomic mass is 16.2. The third kappa shape index (κ3) is 4.47. The molecule has 122 valence electrons.